The van der Waals surface area contributed by atoms with Crippen molar-refractivity contribution in [3.63, 3.8) is 0 Å². The number of nitrogens with one attached hydrogen (secondary N) is 1. The van der Waals surface area contributed by atoms with Gasteiger partial charge in [0.25, 0.3) is 17.3 Å². The lowest BCUT2D eigenvalue weighted by molar-refractivity contribution is -0.385. The summed E-state index contributed by atoms with van der Waals surface area (Å²) in [7, 11) is 0. The number of carbonyl (C=O) groups is 2. The highest BCUT2D eigenvalue weighted by molar-refractivity contribution is 5.98. The SMILES string of the molecule is O=C(Oc1ccc([N+](=O)[O-])cc1/C=N/NC(=O)c1ccccc1O)c1ccc([N+](=O)[O-])cc1. The van der Waals surface area contributed by atoms with Crippen LogP contribution in [0.25, 0.3) is 0 Å². The molecule has 3 aromatic carbocycles. The predicted molar refractivity (Wildman–Crippen MR) is 114 cm³/mol. The van der Waals surface area contributed by atoms with E-state index in [9.17, 15) is 34.9 Å². The lowest BCUT2D eigenvalue weighted by atomic mass is 10.2. The fourth-order valence-electron chi connectivity index (χ4n) is 2.61. The molecule has 0 bridgehead atoms. The minimum Gasteiger partial charge on any atom is -0.507 e. The molecule has 0 radical (unpaired) electrons. The van der Waals surface area contributed by atoms with E-state index in [4.69, 9.17) is 4.74 Å². The molecule has 0 aromatic heterocycles. The minimum absolute atomic E-state index is 0.00274. The largest absolute Gasteiger partial charge is 0.507 e. The number of carbonyl (C=O) groups excluding carboxylic acids is 2. The molecule has 3 rings (SSSR count). The monoisotopic (exact) mass is 450 g/mol. The fraction of sp³-hybridized carbons (Fsp3) is 0. The Bertz CT molecular complexity index is 1270. The van der Waals surface area contributed by atoms with Crippen molar-refractivity contribution in [2.45, 2.75) is 0 Å². The lowest BCUT2D eigenvalue weighted by Crippen LogP contribution is -2.18. The molecular formula is C21H14N4O8. The topological polar surface area (TPSA) is 174 Å². The number of hydrazone groups is 1. The van der Waals surface area contributed by atoms with Gasteiger partial charge in [0.05, 0.1) is 27.2 Å². The maximum Gasteiger partial charge on any atom is 0.343 e. The number of hydrogen-bond donors (Lipinski definition) is 2. The van der Waals surface area contributed by atoms with Gasteiger partial charge in [0, 0.05) is 29.8 Å². The zero-order valence-electron chi connectivity index (χ0n) is 16.6. The van der Waals surface area contributed by atoms with Crippen LogP contribution < -0.4 is 10.2 Å². The molecule has 0 aliphatic rings. The van der Waals surface area contributed by atoms with Crippen molar-refractivity contribution in [3.05, 3.63) is 104 Å². The average Bonchev–Trinajstić information content (AvgIpc) is 2.80. The third-order valence-corrected chi connectivity index (χ3v) is 4.24. The standard InChI is InChI=1S/C21H14N4O8/c26-18-4-2-1-3-17(18)20(27)23-22-12-14-11-16(25(31)32)9-10-19(14)33-21(28)13-5-7-15(8-6-13)24(29)30/h1-12,26H,(H,23,27)/b22-12+. The molecule has 0 heterocycles. The molecular weight excluding hydrogens is 436 g/mol. The van der Waals surface area contributed by atoms with Gasteiger partial charge in [-0.25, -0.2) is 10.2 Å². The summed E-state index contributed by atoms with van der Waals surface area (Å²) in [5.74, 6) is -1.98. The highest BCUT2D eigenvalue weighted by Gasteiger charge is 2.16. The van der Waals surface area contributed by atoms with Gasteiger partial charge in [0.15, 0.2) is 0 Å². The number of hydrogen-bond acceptors (Lipinski definition) is 9. The van der Waals surface area contributed by atoms with E-state index >= 15 is 0 Å². The molecule has 1 amide bonds. The molecule has 0 fully saturated rings. The molecule has 12 heteroatoms. The first kappa shape index (κ1) is 22.6. The average molecular weight is 450 g/mol. The van der Waals surface area contributed by atoms with Crippen LogP contribution in [0.3, 0.4) is 0 Å². The van der Waals surface area contributed by atoms with Gasteiger partial charge in [-0.3, -0.25) is 25.0 Å². The van der Waals surface area contributed by atoms with Crippen LogP contribution in [0.4, 0.5) is 11.4 Å². The number of ether oxygens (including phenoxy) is 1. The highest BCUT2D eigenvalue weighted by Crippen LogP contribution is 2.24. The van der Waals surface area contributed by atoms with Crippen LogP contribution in [0.2, 0.25) is 0 Å². The number of amides is 1. The van der Waals surface area contributed by atoms with Crippen molar-refractivity contribution in [2.24, 2.45) is 5.10 Å². The molecule has 2 N–H and O–H groups in total. The number of phenols is 1. The van der Waals surface area contributed by atoms with Crippen molar-refractivity contribution in [2.75, 3.05) is 0 Å². The van der Waals surface area contributed by atoms with Crippen molar-refractivity contribution in [1.29, 1.82) is 0 Å². The number of nitro benzene ring substituents is 2. The summed E-state index contributed by atoms with van der Waals surface area (Å²) in [5, 5.41) is 35.3. The summed E-state index contributed by atoms with van der Waals surface area (Å²) in [6.45, 7) is 0. The van der Waals surface area contributed by atoms with Crippen molar-refractivity contribution < 1.29 is 29.3 Å². The minimum atomic E-state index is -0.869. The van der Waals surface area contributed by atoms with Gasteiger partial charge in [0.2, 0.25) is 0 Å². The number of rotatable bonds is 7. The van der Waals surface area contributed by atoms with Crippen LogP contribution in [0.5, 0.6) is 11.5 Å². The number of nitro groups is 2. The molecule has 0 aliphatic carbocycles. The molecule has 0 saturated heterocycles. The van der Waals surface area contributed by atoms with Crippen LogP contribution in [0.15, 0.2) is 71.8 Å². The predicted octanol–water partition coefficient (Wildman–Crippen LogP) is 3.19. The fourth-order valence-corrected chi connectivity index (χ4v) is 2.61. The number of non-ortho nitro benzene ring substituents is 2. The zero-order valence-corrected chi connectivity index (χ0v) is 16.6. The molecule has 0 aliphatic heterocycles. The molecule has 0 unspecified atom stereocenters. The molecule has 0 atom stereocenters. The third kappa shape index (κ3) is 5.52. The Balaban J connectivity index is 1.82. The maximum atomic E-state index is 12.4. The molecule has 0 saturated carbocycles. The zero-order chi connectivity index (χ0) is 24.0. The lowest BCUT2D eigenvalue weighted by Gasteiger charge is -2.08. The second-order valence-electron chi connectivity index (χ2n) is 6.39. The molecule has 33 heavy (non-hydrogen) atoms. The summed E-state index contributed by atoms with van der Waals surface area (Å²) >= 11 is 0. The van der Waals surface area contributed by atoms with Gasteiger partial charge >= 0.3 is 5.97 Å². The van der Waals surface area contributed by atoms with E-state index in [0.29, 0.717) is 0 Å². The van der Waals surface area contributed by atoms with Crippen LogP contribution in [0, 0.1) is 20.2 Å². The van der Waals surface area contributed by atoms with E-state index in [2.05, 4.69) is 10.5 Å². The first-order valence-corrected chi connectivity index (χ1v) is 9.12. The number of nitrogens with zero attached hydrogens (tertiary/aromatic N) is 3. The first-order chi connectivity index (χ1) is 15.8. The van der Waals surface area contributed by atoms with E-state index in [1.807, 2.05) is 0 Å². The van der Waals surface area contributed by atoms with Gasteiger partial charge in [-0.2, -0.15) is 5.10 Å². The Hall–Kier alpha value is -5.13. The summed E-state index contributed by atoms with van der Waals surface area (Å²) in [4.78, 5) is 45.1. The van der Waals surface area contributed by atoms with Gasteiger partial charge < -0.3 is 9.84 Å². The van der Waals surface area contributed by atoms with E-state index < -0.39 is 21.7 Å². The number of aromatic hydroxyl groups is 1. The van der Waals surface area contributed by atoms with Crippen molar-refractivity contribution >= 4 is 29.5 Å². The Morgan fingerprint density at radius 1 is 0.939 bits per heavy atom. The van der Waals surface area contributed by atoms with Gasteiger partial charge in [-0.05, 0) is 30.3 Å². The Labute approximate surface area is 185 Å². The van der Waals surface area contributed by atoms with Crippen LogP contribution in [0.1, 0.15) is 26.3 Å². The number of phenolic OH excluding ortho intramolecular Hbond substituents is 1. The second kappa shape index (κ2) is 9.78. The normalized spacial score (nSPS) is 10.5. The second-order valence-corrected chi connectivity index (χ2v) is 6.39. The Morgan fingerprint density at radius 2 is 1.58 bits per heavy atom. The van der Waals surface area contributed by atoms with Gasteiger partial charge in [-0.15, -0.1) is 0 Å². The van der Waals surface area contributed by atoms with E-state index in [1.54, 1.807) is 0 Å². The highest BCUT2D eigenvalue weighted by atomic mass is 16.6. The van der Waals surface area contributed by atoms with E-state index in [-0.39, 0.29) is 39.6 Å². The quantitative estimate of drug-likeness (QED) is 0.181. The summed E-state index contributed by atoms with van der Waals surface area (Å²) in [6.07, 6.45) is 1.03. The maximum absolute atomic E-state index is 12.4. The Morgan fingerprint density at radius 3 is 2.21 bits per heavy atom. The molecule has 12 nitrogen and oxygen atoms in total. The van der Waals surface area contributed by atoms with Crippen LogP contribution in [-0.4, -0.2) is 33.0 Å². The van der Waals surface area contributed by atoms with Crippen molar-refractivity contribution in [3.8, 4) is 11.5 Å². The Kier molecular flexibility index (Phi) is 6.69. The molecule has 3 aromatic rings. The van der Waals surface area contributed by atoms with E-state index in [0.717, 1.165) is 30.5 Å². The van der Waals surface area contributed by atoms with Crippen LogP contribution >= 0.6 is 0 Å². The smallest absolute Gasteiger partial charge is 0.343 e. The summed E-state index contributed by atoms with van der Waals surface area (Å²) in [5.41, 5.74) is 1.59. The van der Waals surface area contributed by atoms with Gasteiger partial charge in [-0.1, -0.05) is 12.1 Å². The number of benzene rings is 3. The van der Waals surface area contributed by atoms with Crippen molar-refractivity contribution in [1.82, 2.24) is 5.43 Å². The molecule has 0 spiro atoms. The third-order valence-electron chi connectivity index (χ3n) is 4.24. The van der Waals surface area contributed by atoms with Crippen LogP contribution in [-0.2, 0) is 0 Å². The number of para-hydroxylation sites is 1. The summed E-state index contributed by atoms with van der Waals surface area (Å²) in [6, 6.07) is 13.8. The van der Waals surface area contributed by atoms with E-state index in [1.165, 1.54) is 42.5 Å². The summed E-state index contributed by atoms with van der Waals surface area (Å²) < 4.78 is 5.25. The molecule has 166 valence electrons. The number of esters is 1. The van der Waals surface area contributed by atoms with Gasteiger partial charge in [0.1, 0.15) is 11.5 Å². The first-order valence-electron chi connectivity index (χ1n) is 9.12.